The highest BCUT2D eigenvalue weighted by Gasteiger charge is 2.14. The molecule has 4 aromatic rings. The van der Waals surface area contributed by atoms with Crippen LogP contribution >= 0.6 is 0 Å². The fraction of sp³-hybridized carbons (Fsp3) is 0.0909. The summed E-state index contributed by atoms with van der Waals surface area (Å²) < 4.78 is 7.15. The van der Waals surface area contributed by atoms with Crippen molar-refractivity contribution in [2.45, 2.75) is 6.92 Å². The number of pyridine rings is 1. The largest absolute Gasteiger partial charge is 0.496 e. The quantitative estimate of drug-likeness (QED) is 0.538. The lowest BCUT2D eigenvalue weighted by molar-refractivity contribution is 0.414. The van der Waals surface area contributed by atoms with E-state index in [1.165, 1.54) is 6.20 Å². The second-order valence-corrected chi connectivity index (χ2v) is 6.27. The number of hydrogen-bond donors (Lipinski definition) is 0. The fourth-order valence-electron chi connectivity index (χ4n) is 3.21. The Morgan fingerprint density at radius 3 is 2.75 bits per heavy atom. The molecular weight excluding hydrogens is 350 g/mol. The molecule has 0 aliphatic rings. The molecule has 3 aromatic heterocycles. The summed E-state index contributed by atoms with van der Waals surface area (Å²) in [5.41, 5.74) is 6.30. The average Bonchev–Trinajstić information content (AvgIpc) is 3.08. The normalized spacial score (nSPS) is 10.6. The number of ether oxygens (including phenoxy) is 1. The third-order valence-electron chi connectivity index (χ3n) is 4.54. The number of aromatic nitrogens is 4. The molecule has 0 atom stereocenters. The summed E-state index contributed by atoms with van der Waals surface area (Å²) in [7, 11) is 1.64. The molecule has 3 heterocycles. The number of nitrogens with zero attached hydrogens (tertiary/aromatic N) is 5. The Hall–Kier alpha value is -3.98. The minimum Gasteiger partial charge on any atom is -0.496 e. The molecule has 0 fully saturated rings. The smallest absolute Gasteiger partial charge is 0.154 e. The molecule has 6 nitrogen and oxygen atoms in total. The summed E-state index contributed by atoms with van der Waals surface area (Å²) in [6.45, 7) is 5.77. The number of hydrogen-bond acceptors (Lipinski definition) is 5. The molecule has 0 saturated heterocycles. The number of rotatable bonds is 4. The van der Waals surface area contributed by atoms with E-state index in [-0.39, 0.29) is 0 Å². The minimum atomic E-state index is 0.494. The first-order valence-corrected chi connectivity index (χ1v) is 8.67. The number of aryl methyl sites for hydroxylation is 1. The van der Waals surface area contributed by atoms with E-state index in [1.54, 1.807) is 30.0 Å². The summed E-state index contributed by atoms with van der Waals surface area (Å²) in [5, 5.41) is 14.0. The molecule has 0 radical (unpaired) electrons. The Labute approximate surface area is 162 Å². The predicted octanol–water partition coefficient (Wildman–Crippen LogP) is 4.29. The van der Waals surface area contributed by atoms with Gasteiger partial charge in [0.15, 0.2) is 5.65 Å². The number of benzene rings is 1. The molecule has 0 saturated carbocycles. The van der Waals surface area contributed by atoms with Gasteiger partial charge in [0.2, 0.25) is 0 Å². The van der Waals surface area contributed by atoms with E-state index < -0.39 is 0 Å². The van der Waals surface area contributed by atoms with Crippen LogP contribution in [0.1, 0.15) is 16.8 Å². The van der Waals surface area contributed by atoms with Crippen LogP contribution in [0, 0.1) is 18.3 Å². The van der Waals surface area contributed by atoms with Crippen molar-refractivity contribution in [3.8, 4) is 34.3 Å². The Morgan fingerprint density at radius 1 is 1.14 bits per heavy atom. The van der Waals surface area contributed by atoms with Crippen LogP contribution < -0.4 is 4.74 Å². The molecule has 6 heteroatoms. The highest BCUT2D eigenvalue weighted by molar-refractivity contribution is 5.71. The fourth-order valence-corrected chi connectivity index (χ4v) is 3.21. The van der Waals surface area contributed by atoms with E-state index >= 15 is 0 Å². The minimum absolute atomic E-state index is 0.494. The standard InChI is InChI=1S/C22H17N5O/c1-4-16-10-17(5-7-20(16)28-3)19-6-8-21-25-14(2)22(27(21)26-19)18-9-15(11-23)12-24-13-18/h4-10,12-13H,1H2,2-3H3. The van der Waals surface area contributed by atoms with Crippen molar-refractivity contribution in [3.05, 3.63) is 72.2 Å². The Balaban J connectivity index is 1.90. The van der Waals surface area contributed by atoms with Gasteiger partial charge in [0.05, 0.1) is 29.8 Å². The van der Waals surface area contributed by atoms with Crippen LogP contribution in [0.2, 0.25) is 0 Å². The summed E-state index contributed by atoms with van der Waals surface area (Å²) in [5.74, 6) is 0.762. The molecule has 1 aromatic carbocycles. The van der Waals surface area contributed by atoms with Crippen LogP contribution in [0.5, 0.6) is 5.75 Å². The van der Waals surface area contributed by atoms with Gasteiger partial charge in [0.1, 0.15) is 11.8 Å². The molecule has 0 N–H and O–H groups in total. The maximum absolute atomic E-state index is 9.18. The van der Waals surface area contributed by atoms with E-state index in [9.17, 15) is 5.26 Å². The number of nitriles is 1. The van der Waals surface area contributed by atoms with Gasteiger partial charge in [0.25, 0.3) is 0 Å². The van der Waals surface area contributed by atoms with Crippen LogP contribution in [0.3, 0.4) is 0 Å². The topological polar surface area (TPSA) is 76.1 Å². The first-order valence-electron chi connectivity index (χ1n) is 8.67. The number of imidazole rings is 1. The molecule has 0 aliphatic heterocycles. The molecular formula is C22H17N5O. The van der Waals surface area contributed by atoms with Crippen molar-refractivity contribution in [1.82, 2.24) is 19.6 Å². The summed E-state index contributed by atoms with van der Waals surface area (Å²) in [6.07, 6.45) is 5.01. The summed E-state index contributed by atoms with van der Waals surface area (Å²) in [4.78, 5) is 8.76. The van der Waals surface area contributed by atoms with Crippen LogP contribution in [0.25, 0.3) is 34.2 Å². The van der Waals surface area contributed by atoms with Crippen molar-refractivity contribution >= 4 is 11.7 Å². The number of methoxy groups -OCH3 is 1. The van der Waals surface area contributed by atoms with Gasteiger partial charge in [-0.2, -0.15) is 10.4 Å². The van der Waals surface area contributed by atoms with Gasteiger partial charge in [-0.1, -0.05) is 12.7 Å². The first-order chi connectivity index (χ1) is 13.6. The van der Waals surface area contributed by atoms with Crippen LogP contribution in [-0.2, 0) is 0 Å². The van der Waals surface area contributed by atoms with Gasteiger partial charge in [-0.25, -0.2) is 9.50 Å². The predicted molar refractivity (Wildman–Crippen MR) is 108 cm³/mol. The van der Waals surface area contributed by atoms with Crippen LogP contribution in [0.15, 0.2) is 55.4 Å². The zero-order chi connectivity index (χ0) is 19.7. The SMILES string of the molecule is C=Cc1cc(-c2ccc3nc(C)c(-c4cncc(C#N)c4)n3n2)ccc1OC. The molecule has 136 valence electrons. The lowest BCUT2D eigenvalue weighted by atomic mass is 10.1. The Kier molecular flexibility index (Phi) is 4.34. The van der Waals surface area contributed by atoms with Crippen LogP contribution in [0.4, 0.5) is 0 Å². The van der Waals surface area contributed by atoms with Crippen molar-refractivity contribution in [3.63, 3.8) is 0 Å². The first kappa shape index (κ1) is 17.4. The lowest BCUT2D eigenvalue weighted by Gasteiger charge is -2.09. The van der Waals surface area contributed by atoms with E-state index in [0.717, 1.165) is 45.2 Å². The molecule has 0 amide bonds. The summed E-state index contributed by atoms with van der Waals surface area (Å²) >= 11 is 0. The lowest BCUT2D eigenvalue weighted by Crippen LogP contribution is -1.98. The highest BCUT2D eigenvalue weighted by Crippen LogP contribution is 2.29. The van der Waals surface area contributed by atoms with Crippen molar-refractivity contribution in [1.29, 1.82) is 5.26 Å². The molecule has 0 unspecified atom stereocenters. The molecule has 4 rings (SSSR count). The van der Waals surface area contributed by atoms with Gasteiger partial charge in [-0.3, -0.25) is 4.98 Å². The second-order valence-electron chi connectivity index (χ2n) is 6.27. The maximum atomic E-state index is 9.18. The third-order valence-corrected chi connectivity index (χ3v) is 4.54. The average molecular weight is 367 g/mol. The van der Waals surface area contributed by atoms with E-state index in [1.807, 2.05) is 37.3 Å². The Morgan fingerprint density at radius 2 is 2.00 bits per heavy atom. The van der Waals surface area contributed by atoms with E-state index in [2.05, 4.69) is 22.6 Å². The van der Waals surface area contributed by atoms with Gasteiger partial charge >= 0.3 is 0 Å². The van der Waals surface area contributed by atoms with Crippen molar-refractivity contribution < 1.29 is 4.74 Å². The zero-order valence-electron chi connectivity index (χ0n) is 15.5. The van der Waals surface area contributed by atoms with E-state index in [0.29, 0.717) is 5.56 Å². The monoisotopic (exact) mass is 367 g/mol. The molecule has 0 aliphatic carbocycles. The zero-order valence-corrected chi connectivity index (χ0v) is 15.5. The van der Waals surface area contributed by atoms with Crippen molar-refractivity contribution in [2.75, 3.05) is 7.11 Å². The second kappa shape index (κ2) is 6.97. The highest BCUT2D eigenvalue weighted by atomic mass is 16.5. The molecule has 28 heavy (non-hydrogen) atoms. The van der Waals surface area contributed by atoms with Gasteiger partial charge in [-0.15, -0.1) is 0 Å². The maximum Gasteiger partial charge on any atom is 0.154 e. The van der Waals surface area contributed by atoms with E-state index in [4.69, 9.17) is 9.84 Å². The molecule has 0 bridgehead atoms. The van der Waals surface area contributed by atoms with Gasteiger partial charge in [0, 0.05) is 29.1 Å². The van der Waals surface area contributed by atoms with Crippen molar-refractivity contribution in [2.24, 2.45) is 0 Å². The van der Waals surface area contributed by atoms with Gasteiger partial charge in [-0.05, 0) is 43.3 Å². The Bertz CT molecular complexity index is 1250. The molecule has 0 spiro atoms. The van der Waals surface area contributed by atoms with Gasteiger partial charge < -0.3 is 4.74 Å². The third kappa shape index (κ3) is 2.89. The number of fused-ring (bicyclic) bond motifs is 1. The summed E-state index contributed by atoms with van der Waals surface area (Å²) in [6, 6.07) is 13.6. The van der Waals surface area contributed by atoms with Crippen LogP contribution in [-0.4, -0.2) is 26.7 Å².